The summed E-state index contributed by atoms with van der Waals surface area (Å²) in [5.41, 5.74) is 10.3. The summed E-state index contributed by atoms with van der Waals surface area (Å²) in [5, 5.41) is 3.44. The number of anilines is 2. The van der Waals surface area contributed by atoms with Crippen LogP contribution in [0, 0.1) is 6.92 Å². The van der Waals surface area contributed by atoms with Crippen molar-refractivity contribution in [1.29, 1.82) is 0 Å². The number of hydrogen-bond donors (Lipinski definition) is 2. The number of aryl methyl sites for hydroxylation is 1. The molecule has 0 fully saturated rings. The first-order valence-electron chi connectivity index (χ1n) is 6.88. The number of para-hydroxylation sites is 2. The van der Waals surface area contributed by atoms with Gasteiger partial charge in [-0.3, -0.25) is 4.79 Å². The largest absolute Gasteiger partial charge is 0.379 e. The molecule has 2 aromatic carbocycles. The molecular formula is C17H21N3O. The highest BCUT2D eigenvalue weighted by Crippen LogP contribution is 2.24. The van der Waals surface area contributed by atoms with Crippen molar-refractivity contribution in [3.8, 4) is 0 Å². The molecule has 0 saturated carbocycles. The van der Waals surface area contributed by atoms with Gasteiger partial charge in [0.25, 0.3) is 0 Å². The number of nitrogens with two attached hydrogens (primary N) is 1. The van der Waals surface area contributed by atoms with Gasteiger partial charge in [-0.15, -0.1) is 0 Å². The van der Waals surface area contributed by atoms with E-state index in [2.05, 4.69) is 22.3 Å². The number of amides is 1. The number of hydrogen-bond acceptors (Lipinski definition) is 3. The van der Waals surface area contributed by atoms with Crippen LogP contribution in [0.1, 0.15) is 21.5 Å². The average molecular weight is 283 g/mol. The van der Waals surface area contributed by atoms with Gasteiger partial charge in [0.15, 0.2) is 0 Å². The van der Waals surface area contributed by atoms with Gasteiger partial charge in [-0.2, -0.15) is 0 Å². The maximum absolute atomic E-state index is 11.2. The summed E-state index contributed by atoms with van der Waals surface area (Å²) in [7, 11) is 4.04. The van der Waals surface area contributed by atoms with Gasteiger partial charge in [0.05, 0.1) is 11.4 Å². The first-order valence-corrected chi connectivity index (χ1v) is 6.88. The van der Waals surface area contributed by atoms with Crippen LogP contribution in [0.4, 0.5) is 11.4 Å². The van der Waals surface area contributed by atoms with Gasteiger partial charge in [0, 0.05) is 26.2 Å². The van der Waals surface area contributed by atoms with Gasteiger partial charge in [-0.25, -0.2) is 0 Å². The third-order valence-electron chi connectivity index (χ3n) is 3.48. The Kier molecular flexibility index (Phi) is 4.48. The lowest BCUT2D eigenvalue weighted by Crippen LogP contribution is -2.13. The lowest BCUT2D eigenvalue weighted by molar-refractivity contribution is 0.1000. The van der Waals surface area contributed by atoms with Crippen LogP contribution >= 0.6 is 0 Å². The van der Waals surface area contributed by atoms with Crippen molar-refractivity contribution in [2.24, 2.45) is 5.73 Å². The molecule has 0 aromatic heterocycles. The van der Waals surface area contributed by atoms with Crippen molar-refractivity contribution in [2.45, 2.75) is 13.5 Å². The van der Waals surface area contributed by atoms with Crippen molar-refractivity contribution < 1.29 is 4.79 Å². The molecule has 4 nitrogen and oxygen atoms in total. The normalized spacial score (nSPS) is 10.2. The summed E-state index contributed by atoms with van der Waals surface area (Å²) >= 11 is 0. The molecule has 0 aliphatic carbocycles. The summed E-state index contributed by atoms with van der Waals surface area (Å²) in [6, 6.07) is 13.7. The highest BCUT2D eigenvalue weighted by atomic mass is 16.1. The van der Waals surface area contributed by atoms with Crippen molar-refractivity contribution in [3.63, 3.8) is 0 Å². The predicted molar refractivity (Wildman–Crippen MR) is 87.8 cm³/mol. The Labute approximate surface area is 125 Å². The number of benzene rings is 2. The Morgan fingerprint density at radius 2 is 1.90 bits per heavy atom. The topological polar surface area (TPSA) is 58.4 Å². The molecule has 0 spiro atoms. The summed E-state index contributed by atoms with van der Waals surface area (Å²) in [6.45, 7) is 2.69. The molecule has 0 atom stereocenters. The van der Waals surface area contributed by atoms with Crippen LogP contribution < -0.4 is 16.0 Å². The molecule has 2 aromatic rings. The molecule has 0 aliphatic heterocycles. The van der Waals surface area contributed by atoms with Gasteiger partial charge in [-0.05, 0) is 42.3 Å². The van der Waals surface area contributed by atoms with Gasteiger partial charge >= 0.3 is 0 Å². The van der Waals surface area contributed by atoms with E-state index >= 15 is 0 Å². The Morgan fingerprint density at radius 3 is 2.52 bits per heavy atom. The van der Waals surface area contributed by atoms with Gasteiger partial charge in [0.1, 0.15) is 0 Å². The molecule has 3 N–H and O–H groups in total. The van der Waals surface area contributed by atoms with Gasteiger partial charge < -0.3 is 16.0 Å². The molecule has 21 heavy (non-hydrogen) atoms. The maximum atomic E-state index is 11.2. The number of carbonyl (C=O) groups is 1. The predicted octanol–water partition coefficient (Wildman–Crippen LogP) is 2.77. The molecule has 0 aliphatic rings. The summed E-state index contributed by atoms with van der Waals surface area (Å²) < 4.78 is 0. The molecule has 0 bridgehead atoms. The van der Waals surface area contributed by atoms with Gasteiger partial charge in [0.2, 0.25) is 5.91 Å². The zero-order valence-electron chi connectivity index (χ0n) is 12.7. The fourth-order valence-corrected chi connectivity index (χ4v) is 2.25. The minimum absolute atomic E-state index is 0.393. The summed E-state index contributed by atoms with van der Waals surface area (Å²) in [6.07, 6.45) is 0. The molecule has 110 valence electrons. The third-order valence-corrected chi connectivity index (χ3v) is 3.48. The van der Waals surface area contributed by atoms with E-state index in [9.17, 15) is 4.79 Å². The van der Waals surface area contributed by atoms with E-state index in [-0.39, 0.29) is 0 Å². The minimum atomic E-state index is -0.393. The maximum Gasteiger partial charge on any atom is 0.248 e. The van der Waals surface area contributed by atoms with Crippen LogP contribution in [0.5, 0.6) is 0 Å². The monoisotopic (exact) mass is 283 g/mol. The quantitative estimate of drug-likeness (QED) is 0.887. The van der Waals surface area contributed by atoms with Crippen molar-refractivity contribution in [3.05, 3.63) is 59.2 Å². The van der Waals surface area contributed by atoms with E-state index in [1.165, 1.54) is 0 Å². The lowest BCUT2D eigenvalue weighted by atomic mass is 10.0. The molecule has 0 unspecified atom stereocenters. The van der Waals surface area contributed by atoms with E-state index in [0.29, 0.717) is 12.1 Å². The number of rotatable bonds is 5. The van der Waals surface area contributed by atoms with Crippen LogP contribution in [-0.4, -0.2) is 20.0 Å². The van der Waals surface area contributed by atoms with E-state index in [4.69, 9.17) is 5.73 Å². The number of primary amides is 1. The second-order valence-corrected chi connectivity index (χ2v) is 5.27. The first-order chi connectivity index (χ1) is 9.99. The van der Waals surface area contributed by atoms with Crippen molar-refractivity contribution >= 4 is 17.3 Å². The highest BCUT2D eigenvalue weighted by molar-refractivity contribution is 5.93. The standard InChI is InChI=1S/C17H21N3O/c1-12-10-13(17(18)21)8-9-14(12)11-19-15-6-4-5-7-16(15)20(2)3/h4-10,19H,11H2,1-3H3,(H2,18,21). The van der Waals surface area contributed by atoms with Crippen LogP contribution in [0.2, 0.25) is 0 Å². The molecule has 4 heteroatoms. The van der Waals surface area contributed by atoms with Crippen LogP contribution in [0.25, 0.3) is 0 Å². The molecular weight excluding hydrogens is 262 g/mol. The SMILES string of the molecule is Cc1cc(C(N)=O)ccc1CNc1ccccc1N(C)C. The van der Waals surface area contributed by atoms with Gasteiger partial charge in [-0.1, -0.05) is 18.2 Å². The smallest absolute Gasteiger partial charge is 0.248 e. The summed E-state index contributed by atoms with van der Waals surface area (Å²) in [4.78, 5) is 13.2. The number of nitrogens with one attached hydrogen (secondary N) is 1. The van der Waals surface area contributed by atoms with Crippen LogP contribution in [0.3, 0.4) is 0 Å². The van der Waals surface area contributed by atoms with E-state index in [1.807, 2.05) is 45.3 Å². The third kappa shape index (κ3) is 3.54. The number of nitrogens with zero attached hydrogens (tertiary/aromatic N) is 1. The molecule has 0 radical (unpaired) electrons. The van der Waals surface area contributed by atoms with Crippen LogP contribution in [-0.2, 0) is 6.54 Å². The molecule has 2 rings (SSSR count). The van der Waals surface area contributed by atoms with E-state index < -0.39 is 5.91 Å². The Morgan fingerprint density at radius 1 is 1.19 bits per heavy atom. The highest BCUT2D eigenvalue weighted by Gasteiger charge is 2.06. The fourth-order valence-electron chi connectivity index (χ4n) is 2.25. The second-order valence-electron chi connectivity index (χ2n) is 5.27. The van der Waals surface area contributed by atoms with Crippen molar-refractivity contribution in [2.75, 3.05) is 24.3 Å². The van der Waals surface area contributed by atoms with Crippen LogP contribution in [0.15, 0.2) is 42.5 Å². The minimum Gasteiger partial charge on any atom is -0.379 e. The lowest BCUT2D eigenvalue weighted by Gasteiger charge is -2.19. The average Bonchev–Trinajstić information content (AvgIpc) is 2.46. The fraction of sp³-hybridized carbons (Fsp3) is 0.235. The molecule has 1 amide bonds. The Hall–Kier alpha value is -2.49. The number of carbonyl (C=O) groups excluding carboxylic acids is 1. The second kappa shape index (κ2) is 6.31. The molecule has 0 saturated heterocycles. The van der Waals surface area contributed by atoms with Crippen molar-refractivity contribution in [1.82, 2.24) is 0 Å². The van der Waals surface area contributed by atoms with E-state index in [0.717, 1.165) is 22.5 Å². The Bertz CT molecular complexity index is 650. The molecule has 0 heterocycles. The Balaban J connectivity index is 2.15. The first kappa shape index (κ1) is 14.9. The van der Waals surface area contributed by atoms with E-state index in [1.54, 1.807) is 6.07 Å². The zero-order valence-corrected chi connectivity index (χ0v) is 12.7. The zero-order chi connectivity index (χ0) is 15.4. The summed E-state index contributed by atoms with van der Waals surface area (Å²) in [5.74, 6) is -0.393.